The molecule has 4 rings (SSSR count). The minimum absolute atomic E-state index is 0.235. The summed E-state index contributed by atoms with van der Waals surface area (Å²) in [6, 6.07) is 9.12. The largest absolute Gasteiger partial charge is 0.345 e. The predicted octanol–water partition coefficient (Wildman–Crippen LogP) is 3.65. The number of hydrogen-bond donors (Lipinski definition) is 1. The Labute approximate surface area is 176 Å². The molecule has 1 N–H and O–H groups in total. The van der Waals surface area contributed by atoms with Gasteiger partial charge < -0.3 is 9.88 Å². The van der Waals surface area contributed by atoms with Crippen molar-refractivity contribution in [3.8, 4) is 0 Å². The molecular weight excluding hydrogens is 378 g/mol. The normalized spacial score (nSPS) is 20.8. The number of fused-ring (bicyclic) bond motifs is 2. The molecular formula is C24H27N3O3. The molecule has 2 aliphatic rings. The van der Waals surface area contributed by atoms with Gasteiger partial charge in [-0.25, -0.2) is 4.79 Å². The van der Waals surface area contributed by atoms with Crippen LogP contribution in [-0.2, 0) is 23.3 Å². The number of imide groups is 1. The van der Waals surface area contributed by atoms with Crippen molar-refractivity contribution < 1.29 is 14.4 Å². The monoisotopic (exact) mass is 405 g/mol. The molecule has 0 radical (unpaired) electrons. The third-order valence-corrected chi connectivity index (χ3v) is 6.39. The maximum Gasteiger partial charge on any atom is 0.325 e. The maximum absolute atomic E-state index is 13.5. The van der Waals surface area contributed by atoms with Gasteiger partial charge in [0.1, 0.15) is 5.54 Å². The molecule has 30 heavy (non-hydrogen) atoms. The number of benzene rings is 1. The highest BCUT2D eigenvalue weighted by Crippen LogP contribution is 2.39. The lowest BCUT2D eigenvalue weighted by atomic mass is 9.84. The van der Waals surface area contributed by atoms with Gasteiger partial charge in [0.25, 0.3) is 5.91 Å². The number of hydrogen-bond acceptors (Lipinski definition) is 3. The highest BCUT2D eigenvalue weighted by atomic mass is 16.2. The summed E-state index contributed by atoms with van der Waals surface area (Å²) in [6.07, 6.45) is 5.02. The Kier molecular flexibility index (Phi) is 5.10. The molecule has 1 aromatic heterocycles. The van der Waals surface area contributed by atoms with Crippen molar-refractivity contribution >= 4 is 17.7 Å². The van der Waals surface area contributed by atoms with Crippen LogP contribution in [0.1, 0.15) is 52.1 Å². The second-order valence-electron chi connectivity index (χ2n) is 8.20. The lowest BCUT2D eigenvalue weighted by Crippen LogP contribution is -2.44. The number of nitrogens with zero attached hydrogens (tertiary/aromatic N) is 2. The molecule has 0 unspecified atom stereocenters. The Morgan fingerprint density at radius 3 is 2.77 bits per heavy atom. The molecule has 3 amide bonds. The molecule has 0 saturated carbocycles. The number of ketones is 1. The predicted molar refractivity (Wildman–Crippen MR) is 114 cm³/mol. The number of carbonyl (C=O) groups excluding carboxylic acids is 3. The van der Waals surface area contributed by atoms with E-state index >= 15 is 0 Å². The van der Waals surface area contributed by atoms with Crippen LogP contribution in [0.4, 0.5) is 4.79 Å². The van der Waals surface area contributed by atoms with Crippen molar-refractivity contribution in [3.05, 3.63) is 71.1 Å². The van der Waals surface area contributed by atoms with Crippen LogP contribution < -0.4 is 5.32 Å². The summed E-state index contributed by atoms with van der Waals surface area (Å²) < 4.78 is 2.00. The van der Waals surface area contributed by atoms with Crippen LogP contribution in [0.5, 0.6) is 0 Å². The Balaban J connectivity index is 1.64. The van der Waals surface area contributed by atoms with Gasteiger partial charge in [0, 0.05) is 23.5 Å². The van der Waals surface area contributed by atoms with Crippen LogP contribution in [-0.4, -0.2) is 33.7 Å². The first kappa shape index (κ1) is 20.1. The zero-order valence-corrected chi connectivity index (χ0v) is 17.5. The molecule has 2 aromatic rings. The second-order valence-corrected chi connectivity index (χ2v) is 8.20. The van der Waals surface area contributed by atoms with E-state index in [2.05, 4.69) is 11.9 Å². The lowest BCUT2D eigenvalue weighted by Gasteiger charge is -2.27. The first-order valence-electron chi connectivity index (χ1n) is 10.4. The first-order chi connectivity index (χ1) is 14.4. The Hall–Kier alpha value is -3.15. The third-order valence-electron chi connectivity index (χ3n) is 6.39. The minimum Gasteiger partial charge on any atom is -0.345 e. The molecule has 156 valence electrons. The lowest BCUT2D eigenvalue weighted by molar-refractivity contribution is -0.131. The number of rotatable bonds is 5. The molecule has 0 bridgehead atoms. The number of amides is 3. The fraction of sp³-hybridized carbons (Fsp3) is 0.375. The topological polar surface area (TPSA) is 71.4 Å². The van der Waals surface area contributed by atoms with Crippen LogP contribution in [0, 0.1) is 13.8 Å². The molecule has 6 nitrogen and oxygen atoms in total. The fourth-order valence-corrected chi connectivity index (χ4v) is 4.84. The molecule has 1 fully saturated rings. The van der Waals surface area contributed by atoms with Gasteiger partial charge in [-0.05, 0) is 56.7 Å². The van der Waals surface area contributed by atoms with Crippen molar-refractivity contribution in [3.63, 3.8) is 0 Å². The average Bonchev–Trinajstić information content (AvgIpc) is 3.05. The Bertz CT molecular complexity index is 1050. The van der Waals surface area contributed by atoms with E-state index in [4.69, 9.17) is 0 Å². The number of Topliss-reactive ketones (excluding diaryl/α,β-unsaturated/α-hetero) is 1. The highest BCUT2D eigenvalue weighted by molar-refractivity contribution is 6.11. The van der Waals surface area contributed by atoms with Crippen LogP contribution in [0.15, 0.2) is 43.0 Å². The van der Waals surface area contributed by atoms with Crippen LogP contribution in [0.3, 0.4) is 0 Å². The van der Waals surface area contributed by atoms with Crippen LogP contribution in [0.2, 0.25) is 0 Å². The SMILES string of the molecule is C=CCn1c(C)cc(C(=O)CN2C(=O)N[C@]3(CCCCc4ccccc43)C2=O)c1C. The van der Waals surface area contributed by atoms with E-state index in [9.17, 15) is 14.4 Å². The van der Waals surface area contributed by atoms with Gasteiger partial charge in [0.2, 0.25) is 0 Å². The van der Waals surface area contributed by atoms with Gasteiger partial charge >= 0.3 is 6.03 Å². The standard InChI is InChI=1S/C24H27N3O3/c1-4-13-26-16(2)14-19(17(26)3)21(28)15-27-22(29)24(25-23(27)30)12-8-7-10-18-9-5-6-11-20(18)24/h4-6,9,11,14H,1,7-8,10,12-13,15H2,2-3H3,(H,25,30)/t24-/m0/s1. The van der Waals surface area contributed by atoms with E-state index < -0.39 is 11.6 Å². The number of nitrogens with one attached hydrogen (secondary N) is 1. The summed E-state index contributed by atoms with van der Waals surface area (Å²) in [5.41, 5.74) is 3.19. The molecule has 1 aromatic carbocycles. The van der Waals surface area contributed by atoms with Crippen molar-refractivity contribution in [2.45, 2.75) is 51.6 Å². The number of allylic oxidation sites excluding steroid dienone is 1. The zero-order valence-electron chi connectivity index (χ0n) is 17.5. The fourth-order valence-electron chi connectivity index (χ4n) is 4.84. The molecule has 1 saturated heterocycles. The van der Waals surface area contributed by atoms with Crippen molar-refractivity contribution in [1.82, 2.24) is 14.8 Å². The summed E-state index contributed by atoms with van der Waals surface area (Å²) in [5.74, 6) is -0.559. The zero-order chi connectivity index (χ0) is 21.5. The van der Waals surface area contributed by atoms with Gasteiger partial charge in [0.05, 0.1) is 6.54 Å². The summed E-state index contributed by atoms with van der Waals surface area (Å²) in [7, 11) is 0. The molecule has 1 aliphatic carbocycles. The number of aryl methyl sites for hydroxylation is 2. The molecule has 1 spiro atoms. The van der Waals surface area contributed by atoms with E-state index in [0.29, 0.717) is 18.5 Å². The molecule has 2 heterocycles. The van der Waals surface area contributed by atoms with E-state index in [1.807, 2.05) is 48.7 Å². The van der Waals surface area contributed by atoms with Crippen molar-refractivity contribution in [1.29, 1.82) is 0 Å². The van der Waals surface area contributed by atoms with Gasteiger partial charge in [-0.1, -0.05) is 30.3 Å². The molecule has 6 heteroatoms. The second kappa shape index (κ2) is 7.59. The van der Waals surface area contributed by atoms with Crippen LogP contribution in [0.25, 0.3) is 0 Å². The quantitative estimate of drug-likeness (QED) is 0.469. The van der Waals surface area contributed by atoms with Gasteiger partial charge in [-0.15, -0.1) is 6.58 Å². The highest BCUT2D eigenvalue weighted by Gasteiger charge is 2.53. The number of carbonyl (C=O) groups is 3. The van der Waals surface area contributed by atoms with Crippen molar-refractivity contribution in [2.75, 3.05) is 6.54 Å². The average molecular weight is 405 g/mol. The van der Waals surface area contributed by atoms with E-state index in [0.717, 1.165) is 46.7 Å². The number of aromatic nitrogens is 1. The molecule has 1 atom stereocenters. The first-order valence-corrected chi connectivity index (χ1v) is 10.4. The summed E-state index contributed by atoms with van der Waals surface area (Å²) in [6.45, 7) is 7.91. The number of urea groups is 1. The van der Waals surface area contributed by atoms with Gasteiger partial charge in [-0.2, -0.15) is 0 Å². The summed E-state index contributed by atoms with van der Waals surface area (Å²) in [5, 5.41) is 2.94. The van der Waals surface area contributed by atoms with Crippen LogP contribution >= 0.6 is 0 Å². The van der Waals surface area contributed by atoms with E-state index in [1.54, 1.807) is 6.08 Å². The van der Waals surface area contributed by atoms with Crippen molar-refractivity contribution in [2.24, 2.45) is 0 Å². The van der Waals surface area contributed by atoms with E-state index in [1.165, 1.54) is 0 Å². The molecule has 1 aliphatic heterocycles. The van der Waals surface area contributed by atoms with Gasteiger partial charge in [0.15, 0.2) is 5.78 Å². The summed E-state index contributed by atoms with van der Waals surface area (Å²) >= 11 is 0. The third kappa shape index (κ3) is 3.07. The summed E-state index contributed by atoms with van der Waals surface area (Å²) in [4.78, 5) is 40.5. The smallest absolute Gasteiger partial charge is 0.325 e. The van der Waals surface area contributed by atoms with E-state index in [-0.39, 0.29) is 18.2 Å². The maximum atomic E-state index is 13.5. The Morgan fingerprint density at radius 2 is 2.00 bits per heavy atom. The van der Waals surface area contributed by atoms with Gasteiger partial charge in [-0.3, -0.25) is 14.5 Å². The minimum atomic E-state index is -1.07. The Morgan fingerprint density at radius 1 is 1.23 bits per heavy atom.